The fraction of sp³-hybridized carbons (Fsp3) is 0.579. The summed E-state index contributed by atoms with van der Waals surface area (Å²) in [5.74, 6) is 0. The van der Waals surface area contributed by atoms with E-state index >= 15 is 0 Å². The van der Waals surface area contributed by atoms with Gasteiger partial charge in [0, 0.05) is 36.9 Å². The van der Waals surface area contributed by atoms with E-state index in [1.165, 1.54) is 0 Å². The molecule has 2 fully saturated rings. The predicted octanol–water partition coefficient (Wildman–Crippen LogP) is 4.10. The highest BCUT2D eigenvalue weighted by Crippen LogP contribution is 2.34. The van der Waals surface area contributed by atoms with E-state index in [0.717, 1.165) is 10.0 Å². The summed E-state index contributed by atoms with van der Waals surface area (Å²) in [6.07, 6.45) is 0.210. The van der Waals surface area contributed by atoms with Crippen LogP contribution in [0.2, 0.25) is 0 Å². The van der Waals surface area contributed by atoms with Gasteiger partial charge in [0.05, 0.1) is 6.54 Å². The van der Waals surface area contributed by atoms with Gasteiger partial charge in [0.1, 0.15) is 11.2 Å². The van der Waals surface area contributed by atoms with Crippen LogP contribution in [-0.2, 0) is 20.9 Å². The molecule has 8 heteroatoms. The van der Waals surface area contributed by atoms with Crippen LogP contribution in [0, 0.1) is 0 Å². The molecule has 148 valence electrons. The molecule has 1 spiro atoms. The van der Waals surface area contributed by atoms with Crippen LogP contribution in [0.5, 0.6) is 0 Å². The quantitative estimate of drug-likeness (QED) is 0.658. The highest BCUT2D eigenvalue weighted by atomic mass is 79.9. The molecule has 0 N–H and O–H groups in total. The number of ether oxygens (including phenoxy) is 2. The molecule has 0 radical (unpaired) electrons. The van der Waals surface area contributed by atoms with Gasteiger partial charge >= 0.3 is 12.2 Å². The predicted molar refractivity (Wildman–Crippen MR) is 102 cm³/mol. The van der Waals surface area contributed by atoms with Gasteiger partial charge < -0.3 is 14.3 Å². The van der Waals surface area contributed by atoms with Crippen molar-refractivity contribution in [2.24, 2.45) is 0 Å². The molecule has 1 amide bonds. The summed E-state index contributed by atoms with van der Waals surface area (Å²) >= 11 is 3.45. The normalized spacial score (nSPS) is 19.9. The van der Waals surface area contributed by atoms with E-state index in [1.54, 1.807) is 30.7 Å². The first-order chi connectivity index (χ1) is 12.6. The lowest BCUT2D eigenvalue weighted by Gasteiger charge is -2.36. The Balaban J connectivity index is 1.52. The molecule has 1 aromatic rings. The number of carbonyl (C=O) groups excluding carboxylic acids is 2. The van der Waals surface area contributed by atoms with Crippen LogP contribution in [0.15, 0.2) is 28.7 Å². The summed E-state index contributed by atoms with van der Waals surface area (Å²) in [5.41, 5.74) is -0.0668. The molecule has 0 saturated carbocycles. The molecule has 0 unspecified atom stereocenters. The number of halogens is 1. The number of piperidine rings is 1. The van der Waals surface area contributed by atoms with Crippen LogP contribution in [-0.4, -0.2) is 53.0 Å². The van der Waals surface area contributed by atoms with E-state index in [1.807, 2.05) is 24.3 Å². The van der Waals surface area contributed by atoms with Crippen LogP contribution < -0.4 is 0 Å². The molecule has 3 rings (SSSR count). The first-order valence-electron chi connectivity index (χ1n) is 9.02. The minimum atomic E-state index is -0.710. The number of hydrogen-bond acceptors (Lipinski definition) is 6. The Morgan fingerprint density at radius 2 is 2.00 bits per heavy atom. The topological polar surface area (TPSA) is 68.3 Å². The SMILES string of the molecule is CC(C)(C)OC(=O)ON1CCC2(CC1)CN(Cc1cccc(Br)c1)C(=O)O2. The third-order valence-corrected chi connectivity index (χ3v) is 5.02. The van der Waals surface area contributed by atoms with Gasteiger partial charge in [-0.25, -0.2) is 9.59 Å². The molecule has 0 aliphatic carbocycles. The second-order valence-corrected chi connectivity index (χ2v) is 8.94. The number of hydroxylamine groups is 2. The van der Waals surface area contributed by atoms with Gasteiger partial charge in [-0.2, -0.15) is 0 Å². The standard InChI is InChI=1S/C19H25BrN2O5/c1-18(2,3)26-17(24)27-22-9-7-19(8-10-22)13-21(16(23)25-19)12-14-5-4-6-15(20)11-14/h4-6,11H,7-10,12-13H2,1-3H3. The maximum absolute atomic E-state index is 12.3. The van der Waals surface area contributed by atoms with Gasteiger partial charge in [0.15, 0.2) is 0 Å². The number of amides is 1. The van der Waals surface area contributed by atoms with E-state index in [0.29, 0.717) is 39.0 Å². The van der Waals surface area contributed by atoms with Crippen molar-refractivity contribution >= 4 is 28.2 Å². The van der Waals surface area contributed by atoms with Crippen molar-refractivity contribution in [3.63, 3.8) is 0 Å². The summed E-state index contributed by atoms with van der Waals surface area (Å²) in [4.78, 5) is 31.1. The Hall–Kier alpha value is -1.80. The van der Waals surface area contributed by atoms with E-state index in [-0.39, 0.29) is 6.09 Å². The molecule has 7 nitrogen and oxygen atoms in total. The molecule has 1 aromatic carbocycles. The minimum absolute atomic E-state index is 0.295. The maximum Gasteiger partial charge on any atom is 0.528 e. The van der Waals surface area contributed by atoms with Crippen LogP contribution in [0.1, 0.15) is 39.2 Å². The molecule has 0 atom stereocenters. The molecule has 2 aliphatic heterocycles. The van der Waals surface area contributed by atoms with E-state index < -0.39 is 17.4 Å². The fourth-order valence-corrected chi connectivity index (χ4v) is 3.74. The van der Waals surface area contributed by atoms with Gasteiger partial charge in [-0.1, -0.05) is 28.1 Å². The largest absolute Gasteiger partial charge is 0.528 e. The van der Waals surface area contributed by atoms with Crippen molar-refractivity contribution in [2.45, 2.75) is 51.4 Å². The smallest absolute Gasteiger partial charge is 0.441 e. The zero-order valence-electron chi connectivity index (χ0n) is 15.9. The third kappa shape index (κ3) is 5.35. The molecule has 2 aliphatic rings. The van der Waals surface area contributed by atoms with E-state index in [4.69, 9.17) is 14.3 Å². The second-order valence-electron chi connectivity index (χ2n) is 8.02. The Kier molecular flexibility index (Phi) is 5.67. The molecule has 27 heavy (non-hydrogen) atoms. The number of nitrogens with zero attached hydrogens (tertiary/aromatic N) is 2. The van der Waals surface area contributed by atoms with Gasteiger partial charge in [0.25, 0.3) is 0 Å². The zero-order chi connectivity index (χ0) is 19.7. The lowest BCUT2D eigenvalue weighted by Crippen LogP contribution is -2.47. The molecule has 2 saturated heterocycles. The Bertz CT molecular complexity index is 710. The molecule has 0 aromatic heterocycles. The first-order valence-corrected chi connectivity index (χ1v) is 9.82. The van der Waals surface area contributed by atoms with Crippen molar-refractivity contribution in [3.05, 3.63) is 34.3 Å². The number of rotatable bonds is 3. The number of carbonyl (C=O) groups is 2. The van der Waals surface area contributed by atoms with Crippen LogP contribution in [0.25, 0.3) is 0 Å². The Labute approximate surface area is 167 Å². The fourth-order valence-electron chi connectivity index (χ4n) is 3.29. The third-order valence-electron chi connectivity index (χ3n) is 4.53. The van der Waals surface area contributed by atoms with Crippen LogP contribution in [0.3, 0.4) is 0 Å². The summed E-state index contributed by atoms with van der Waals surface area (Å²) in [6, 6.07) is 7.88. The van der Waals surface area contributed by atoms with Crippen molar-refractivity contribution in [1.29, 1.82) is 0 Å². The highest BCUT2D eigenvalue weighted by molar-refractivity contribution is 9.10. The van der Waals surface area contributed by atoms with Crippen LogP contribution >= 0.6 is 15.9 Å². The summed E-state index contributed by atoms with van der Waals surface area (Å²) < 4.78 is 11.9. The van der Waals surface area contributed by atoms with E-state index in [2.05, 4.69) is 15.9 Å². The van der Waals surface area contributed by atoms with E-state index in [9.17, 15) is 9.59 Å². The molecule has 2 heterocycles. The molecular formula is C19H25BrN2O5. The second kappa shape index (κ2) is 7.67. The van der Waals surface area contributed by atoms with Crippen LogP contribution in [0.4, 0.5) is 9.59 Å². The van der Waals surface area contributed by atoms with Crippen molar-refractivity contribution in [2.75, 3.05) is 19.6 Å². The lowest BCUT2D eigenvalue weighted by molar-refractivity contribution is -0.170. The van der Waals surface area contributed by atoms with Crippen molar-refractivity contribution < 1.29 is 23.9 Å². The summed E-state index contributed by atoms with van der Waals surface area (Å²) in [7, 11) is 0. The number of benzene rings is 1. The van der Waals surface area contributed by atoms with Gasteiger partial charge in [-0.3, -0.25) is 4.90 Å². The molecular weight excluding hydrogens is 416 g/mol. The average Bonchev–Trinajstić information content (AvgIpc) is 2.84. The Morgan fingerprint density at radius 3 is 2.63 bits per heavy atom. The molecule has 0 bridgehead atoms. The monoisotopic (exact) mass is 440 g/mol. The highest BCUT2D eigenvalue weighted by Gasteiger charge is 2.47. The van der Waals surface area contributed by atoms with Gasteiger partial charge in [-0.05, 0) is 38.5 Å². The van der Waals surface area contributed by atoms with Gasteiger partial charge in [0.2, 0.25) is 0 Å². The minimum Gasteiger partial charge on any atom is -0.441 e. The van der Waals surface area contributed by atoms with Gasteiger partial charge in [-0.15, -0.1) is 5.06 Å². The lowest BCUT2D eigenvalue weighted by atomic mass is 9.92. The summed E-state index contributed by atoms with van der Waals surface area (Å²) in [6.45, 7) is 7.41. The first kappa shape index (κ1) is 19.9. The zero-order valence-corrected chi connectivity index (χ0v) is 17.5. The Morgan fingerprint density at radius 1 is 1.30 bits per heavy atom. The summed E-state index contributed by atoms with van der Waals surface area (Å²) in [5, 5.41) is 1.57. The van der Waals surface area contributed by atoms with Crippen molar-refractivity contribution in [1.82, 2.24) is 9.96 Å². The number of hydrogen-bond donors (Lipinski definition) is 0. The van der Waals surface area contributed by atoms with Crippen molar-refractivity contribution in [3.8, 4) is 0 Å². The average molecular weight is 441 g/mol. The maximum atomic E-state index is 12.3.